The summed E-state index contributed by atoms with van der Waals surface area (Å²) in [5, 5.41) is 4.63. The van der Waals surface area contributed by atoms with E-state index in [0.29, 0.717) is 37.6 Å². The van der Waals surface area contributed by atoms with Crippen LogP contribution in [0.2, 0.25) is 0 Å². The van der Waals surface area contributed by atoms with Gasteiger partial charge in [-0.15, -0.1) is 0 Å². The molecule has 0 radical (unpaired) electrons. The Bertz CT molecular complexity index is 1200. The Morgan fingerprint density at radius 3 is 2.65 bits per heavy atom. The van der Waals surface area contributed by atoms with Crippen LogP contribution in [0.15, 0.2) is 53.4 Å². The second kappa shape index (κ2) is 8.22. The maximum absolute atomic E-state index is 13.4. The van der Waals surface area contributed by atoms with Crippen LogP contribution in [0.3, 0.4) is 0 Å². The predicted octanol–water partition coefficient (Wildman–Crippen LogP) is 3.37. The number of rotatable bonds is 6. The molecule has 2 aromatic carbocycles. The van der Waals surface area contributed by atoms with Crippen molar-refractivity contribution in [2.24, 2.45) is 7.05 Å². The number of aryl methyl sites for hydroxylation is 3. The Kier molecular flexibility index (Phi) is 5.42. The number of sulfonamides is 1. The minimum atomic E-state index is -3.54. The summed E-state index contributed by atoms with van der Waals surface area (Å²) in [5.74, 6) is 0. The van der Waals surface area contributed by atoms with Crippen LogP contribution in [0, 0.1) is 0 Å². The Hall–Kier alpha value is -2.48. The monoisotopic (exact) mass is 437 g/mol. The van der Waals surface area contributed by atoms with Crippen molar-refractivity contribution < 1.29 is 13.2 Å². The van der Waals surface area contributed by atoms with Gasteiger partial charge in [-0.1, -0.05) is 36.4 Å². The maximum Gasteiger partial charge on any atom is 0.243 e. The molecule has 6 nitrogen and oxygen atoms in total. The summed E-state index contributed by atoms with van der Waals surface area (Å²) in [4.78, 5) is 0.405. The van der Waals surface area contributed by atoms with Crippen LogP contribution in [0.4, 0.5) is 0 Å². The largest absolute Gasteiger partial charge is 0.370 e. The van der Waals surface area contributed by atoms with Gasteiger partial charge in [0.2, 0.25) is 10.0 Å². The fourth-order valence-corrected chi connectivity index (χ4v) is 6.12. The van der Waals surface area contributed by atoms with Crippen LogP contribution < -0.4 is 0 Å². The van der Waals surface area contributed by atoms with Crippen LogP contribution in [-0.2, 0) is 60.8 Å². The van der Waals surface area contributed by atoms with Gasteiger partial charge in [0.05, 0.1) is 23.8 Å². The van der Waals surface area contributed by atoms with Gasteiger partial charge < -0.3 is 4.74 Å². The minimum absolute atomic E-state index is 0.340. The average molecular weight is 438 g/mol. The van der Waals surface area contributed by atoms with Gasteiger partial charge in [0.15, 0.2) is 0 Å². The van der Waals surface area contributed by atoms with Crippen molar-refractivity contribution >= 4 is 10.0 Å². The molecule has 2 aliphatic rings. The number of fused-ring (bicyclic) bond motifs is 2. The zero-order chi connectivity index (χ0) is 21.4. The molecule has 31 heavy (non-hydrogen) atoms. The van der Waals surface area contributed by atoms with Gasteiger partial charge in [-0.2, -0.15) is 9.40 Å². The van der Waals surface area contributed by atoms with E-state index < -0.39 is 10.0 Å². The lowest BCUT2D eigenvalue weighted by Crippen LogP contribution is -2.36. The second-order valence-corrected chi connectivity index (χ2v) is 10.3. The van der Waals surface area contributed by atoms with Crippen molar-refractivity contribution in [1.29, 1.82) is 0 Å². The highest BCUT2D eigenvalue weighted by Crippen LogP contribution is 2.30. The molecule has 0 N–H and O–H groups in total. The number of nitrogens with zero attached hydrogens (tertiary/aromatic N) is 3. The highest BCUT2D eigenvalue weighted by atomic mass is 32.2. The van der Waals surface area contributed by atoms with E-state index in [1.165, 1.54) is 11.1 Å². The van der Waals surface area contributed by atoms with Crippen LogP contribution in [0.5, 0.6) is 0 Å². The topological polar surface area (TPSA) is 64.4 Å². The van der Waals surface area contributed by atoms with Crippen molar-refractivity contribution in [2.75, 3.05) is 6.54 Å². The fourth-order valence-electron chi connectivity index (χ4n) is 4.66. The molecule has 1 aromatic heterocycles. The molecule has 2 heterocycles. The molecule has 0 saturated carbocycles. The third-order valence-corrected chi connectivity index (χ3v) is 8.19. The molecule has 0 spiro atoms. The molecule has 0 amide bonds. The van der Waals surface area contributed by atoms with E-state index in [2.05, 4.69) is 5.10 Å². The number of aromatic nitrogens is 2. The molecule has 0 bridgehead atoms. The summed E-state index contributed by atoms with van der Waals surface area (Å²) in [5.41, 5.74) is 6.46. The molecule has 0 unspecified atom stereocenters. The summed E-state index contributed by atoms with van der Waals surface area (Å²) in [6.45, 7) is 1.68. The van der Waals surface area contributed by atoms with Gasteiger partial charge in [-0.3, -0.25) is 4.68 Å². The van der Waals surface area contributed by atoms with Gasteiger partial charge in [0.25, 0.3) is 0 Å². The minimum Gasteiger partial charge on any atom is -0.370 e. The first kappa shape index (κ1) is 20.4. The van der Waals surface area contributed by atoms with E-state index in [0.717, 1.165) is 41.8 Å². The molecule has 3 aromatic rings. The van der Waals surface area contributed by atoms with E-state index in [1.54, 1.807) is 10.4 Å². The molecular formula is C24H27N3O3S. The first-order valence-electron chi connectivity index (χ1n) is 10.8. The zero-order valence-corrected chi connectivity index (χ0v) is 18.6. The quantitative estimate of drug-likeness (QED) is 0.593. The summed E-state index contributed by atoms with van der Waals surface area (Å²) in [6, 6.07) is 15.6. The molecule has 0 saturated heterocycles. The third-order valence-electron chi connectivity index (χ3n) is 6.35. The highest BCUT2D eigenvalue weighted by molar-refractivity contribution is 7.89. The van der Waals surface area contributed by atoms with Crippen LogP contribution in [0.1, 0.15) is 40.1 Å². The lowest BCUT2D eigenvalue weighted by atomic mass is 10.1. The third kappa shape index (κ3) is 3.93. The number of hydrogen-bond donors (Lipinski definition) is 0. The van der Waals surface area contributed by atoms with Gasteiger partial charge in [-0.05, 0) is 48.1 Å². The lowest BCUT2D eigenvalue weighted by molar-refractivity contribution is 0.103. The van der Waals surface area contributed by atoms with Gasteiger partial charge in [0, 0.05) is 37.8 Å². The Morgan fingerprint density at radius 1 is 1.00 bits per heavy atom. The Morgan fingerprint density at radius 2 is 1.81 bits per heavy atom. The van der Waals surface area contributed by atoms with Crippen LogP contribution >= 0.6 is 0 Å². The zero-order valence-electron chi connectivity index (χ0n) is 17.8. The van der Waals surface area contributed by atoms with E-state index in [4.69, 9.17) is 4.74 Å². The van der Waals surface area contributed by atoms with Crippen molar-refractivity contribution in [2.45, 2.75) is 50.3 Å². The van der Waals surface area contributed by atoms with E-state index in [1.807, 2.05) is 54.2 Å². The molecule has 7 heteroatoms. The molecule has 0 atom stereocenters. The van der Waals surface area contributed by atoms with E-state index in [-0.39, 0.29) is 0 Å². The predicted molar refractivity (Wildman–Crippen MR) is 118 cm³/mol. The normalized spacial score (nSPS) is 16.3. The molecule has 5 rings (SSSR count). The van der Waals surface area contributed by atoms with Crippen LogP contribution in [-0.4, -0.2) is 29.0 Å². The first-order chi connectivity index (χ1) is 15.0. The fraction of sp³-hybridized carbons (Fsp3) is 0.375. The molecule has 162 valence electrons. The summed E-state index contributed by atoms with van der Waals surface area (Å²) in [6.07, 6.45) is 3.77. The van der Waals surface area contributed by atoms with Crippen molar-refractivity contribution in [3.05, 3.63) is 82.2 Å². The van der Waals surface area contributed by atoms with Crippen molar-refractivity contribution in [1.82, 2.24) is 14.1 Å². The molecular weight excluding hydrogens is 410 g/mol. The van der Waals surface area contributed by atoms with Gasteiger partial charge >= 0.3 is 0 Å². The average Bonchev–Trinajstić information content (AvgIpc) is 3.38. The molecule has 1 aliphatic heterocycles. The first-order valence-corrected chi connectivity index (χ1v) is 12.2. The number of hydrogen-bond acceptors (Lipinski definition) is 4. The smallest absolute Gasteiger partial charge is 0.243 e. The Balaban J connectivity index is 1.34. The maximum atomic E-state index is 13.4. The second-order valence-electron chi connectivity index (χ2n) is 8.35. The standard InChI is InChI=1S/C24H27N3O3S/c1-26-24-12-13-27(31(28,29)21-11-10-19-8-5-9-20(19)14-21)15-22(24)23(25-26)17-30-16-18-6-3-2-4-7-18/h2-4,6-7,10-11,14H,5,8-9,12-13,15-17H2,1H3. The van der Waals surface area contributed by atoms with Crippen molar-refractivity contribution in [3.63, 3.8) is 0 Å². The Labute approximate surface area is 183 Å². The van der Waals surface area contributed by atoms with Crippen molar-refractivity contribution in [3.8, 4) is 0 Å². The van der Waals surface area contributed by atoms with E-state index in [9.17, 15) is 8.42 Å². The SMILES string of the molecule is Cn1nc(COCc2ccccc2)c2c1CCN(S(=O)(=O)c1ccc3c(c1)CCC3)C2. The summed E-state index contributed by atoms with van der Waals surface area (Å²) in [7, 11) is -1.62. The molecule has 0 fully saturated rings. The summed E-state index contributed by atoms with van der Waals surface area (Å²) < 4.78 is 36.1. The number of benzene rings is 2. The van der Waals surface area contributed by atoms with Crippen LogP contribution in [0.25, 0.3) is 0 Å². The van der Waals surface area contributed by atoms with Gasteiger partial charge in [0.1, 0.15) is 0 Å². The molecule has 1 aliphatic carbocycles. The highest BCUT2D eigenvalue weighted by Gasteiger charge is 2.32. The van der Waals surface area contributed by atoms with E-state index >= 15 is 0 Å². The van der Waals surface area contributed by atoms with Gasteiger partial charge in [-0.25, -0.2) is 8.42 Å². The number of ether oxygens (including phenoxy) is 1. The lowest BCUT2D eigenvalue weighted by Gasteiger charge is -2.27. The summed E-state index contributed by atoms with van der Waals surface area (Å²) >= 11 is 0.